The minimum absolute atomic E-state index is 0.277. The molecule has 12 heteroatoms. The summed E-state index contributed by atoms with van der Waals surface area (Å²) < 4.78 is 33.1. The highest BCUT2D eigenvalue weighted by Crippen LogP contribution is 2.26. The SMILES string of the molecule is CO/N=C(/CO[Si](C)(C)C)C(O[Si](C)(C)C)C(O[Si](C)(C)C)C(CO[Si](C)(C)C)O[Si](C)(C)C. The quantitative estimate of drug-likeness (QED) is 0.123. The molecule has 0 fully saturated rings. The van der Waals surface area contributed by atoms with E-state index in [0.717, 1.165) is 0 Å². The maximum absolute atomic E-state index is 6.87. The van der Waals surface area contributed by atoms with Gasteiger partial charge in [-0.3, -0.25) is 0 Å². The van der Waals surface area contributed by atoms with Gasteiger partial charge >= 0.3 is 0 Å². The summed E-state index contributed by atoms with van der Waals surface area (Å²) in [6, 6.07) is 0. The van der Waals surface area contributed by atoms with E-state index < -0.39 is 47.7 Å². The first-order valence-electron chi connectivity index (χ1n) is 12.3. The van der Waals surface area contributed by atoms with E-state index in [0.29, 0.717) is 18.9 Å². The molecule has 0 radical (unpaired) electrons. The molecule has 0 aromatic carbocycles. The lowest BCUT2D eigenvalue weighted by atomic mass is 10.0. The van der Waals surface area contributed by atoms with E-state index in [2.05, 4.69) is 103 Å². The molecule has 0 aliphatic heterocycles. The lowest BCUT2D eigenvalue weighted by molar-refractivity contribution is -0.0307. The third kappa shape index (κ3) is 17.7. The van der Waals surface area contributed by atoms with Crippen molar-refractivity contribution < 1.29 is 27.0 Å². The van der Waals surface area contributed by atoms with Crippen molar-refractivity contribution >= 4 is 47.3 Å². The van der Waals surface area contributed by atoms with Gasteiger partial charge in [-0.2, -0.15) is 0 Å². The van der Waals surface area contributed by atoms with Crippen molar-refractivity contribution in [1.29, 1.82) is 0 Å². The molecule has 3 unspecified atom stereocenters. The van der Waals surface area contributed by atoms with E-state index >= 15 is 0 Å². The third-order valence-corrected chi connectivity index (χ3v) is 9.00. The van der Waals surface area contributed by atoms with Crippen LogP contribution in [0.1, 0.15) is 0 Å². The molecule has 0 saturated heterocycles. The van der Waals surface area contributed by atoms with E-state index in [-0.39, 0.29) is 12.2 Å². The van der Waals surface area contributed by atoms with Gasteiger partial charge in [0.05, 0.1) is 19.3 Å². The summed E-state index contributed by atoms with van der Waals surface area (Å²) in [6.07, 6.45) is -1.10. The van der Waals surface area contributed by atoms with Crippen LogP contribution in [0.4, 0.5) is 0 Å². The molecular formula is C22H55NO6Si5. The first-order chi connectivity index (χ1) is 14.9. The van der Waals surface area contributed by atoms with Gasteiger partial charge in [-0.05, 0) is 98.2 Å². The minimum atomic E-state index is -2.01. The first kappa shape index (κ1) is 34.4. The van der Waals surface area contributed by atoms with E-state index in [1.165, 1.54) is 0 Å². The van der Waals surface area contributed by atoms with Gasteiger partial charge < -0.3 is 27.0 Å². The Labute approximate surface area is 215 Å². The highest BCUT2D eigenvalue weighted by atomic mass is 28.4. The van der Waals surface area contributed by atoms with Crippen LogP contribution in [0.25, 0.3) is 0 Å². The molecular weight excluding hydrogens is 515 g/mol. The number of hydrogen-bond donors (Lipinski definition) is 0. The second-order valence-corrected chi connectivity index (χ2v) is 36.1. The van der Waals surface area contributed by atoms with Crippen LogP contribution in [0.15, 0.2) is 5.16 Å². The van der Waals surface area contributed by atoms with Gasteiger partial charge in [-0.25, -0.2) is 0 Å². The van der Waals surface area contributed by atoms with Crippen molar-refractivity contribution in [3.8, 4) is 0 Å². The van der Waals surface area contributed by atoms with Crippen LogP contribution in [-0.2, 0) is 27.0 Å². The number of oxime groups is 1. The second kappa shape index (κ2) is 13.2. The Morgan fingerprint density at radius 3 is 1.38 bits per heavy atom. The molecule has 0 amide bonds. The molecule has 7 nitrogen and oxygen atoms in total. The molecule has 0 saturated carbocycles. The maximum Gasteiger partial charge on any atom is 0.184 e. The fourth-order valence-electron chi connectivity index (χ4n) is 3.00. The Bertz CT molecular complexity index is 630. The lowest BCUT2D eigenvalue weighted by Crippen LogP contribution is -2.58. The summed E-state index contributed by atoms with van der Waals surface area (Å²) >= 11 is 0. The minimum Gasteiger partial charge on any atom is -0.415 e. The summed E-state index contributed by atoms with van der Waals surface area (Å²) in [5.74, 6) is 0. The fourth-order valence-corrected chi connectivity index (χ4v) is 7.48. The smallest absolute Gasteiger partial charge is 0.184 e. The Balaban J connectivity index is 6.64. The Hall–Kier alpha value is 0.354. The molecule has 3 atom stereocenters. The van der Waals surface area contributed by atoms with Crippen LogP contribution in [-0.4, -0.2) is 85.9 Å². The summed E-state index contributed by atoms with van der Waals surface area (Å²) in [4.78, 5) is 5.30. The number of hydrogen-bond acceptors (Lipinski definition) is 7. The molecule has 0 bridgehead atoms. The molecule has 0 spiro atoms. The van der Waals surface area contributed by atoms with Gasteiger partial charge in [0.25, 0.3) is 0 Å². The molecule has 0 N–H and O–H groups in total. The van der Waals surface area contributed by atoms with Crippen molar-refractivity contribution in [2.24, 2.45) is 5.16 Å². The zero-order valence-electron chi connectivity index (χ0n) is 25.0. The standard InChI is InChI=1S/C22H55NO6Si5/c1-24-23-19(17-25-30(2,3)4)21(28-33(11,12)13)22(29-34(14,15)16)20(27-32(8,9)10)18-26-31(5,6)7/h20-22H,17-18H2,1-16H3/b23-19-. The monoisotopic (exact) mass is 569 g/mol. The molecule has 0 aromatic heterocycles. The van der Waals surface area contributed by atoms with Crippen LogP contribution in [0.5, 0.6) is 0 Å². The Morgan fingerprint density at radius 1 is 0.588 bits per heavy atom. The van der Waals surface area contributed by atoms with Crippen LogP contribution in [0.3, 0.4) is 0 Å². The van der Waals surface area contributed by atoms with Crippen molar-refractivity contribution in [2.75, 3.05) is 20.3 Å². The summed E-state index contributed by atoms with van der Waals surface area (Å²) in [6.45, 7) is 33.6. The van der Waals surface area contributed by atoms with Crippen molar-refractivity contribution in [3.05, 3.63) is 0 Å². The van der Waals surface area contributed by atoms with Gasteiger partial charge in [0.1, 0.15) is 25.0 Å². The van der Waals surface area contributed by atoms with Gasteiger partial charge in [-0.15, -0.1) is 0 Å². The molecule has 0 aromatic rings. The highest BCUT2D eigenvalue weighted by molar-refractivity contribution is 6.71. The van der Waals surface area contributed by atoms with Crippen LogP contribution in [0, 0.1) is 0 Å². The summed E-state index contributed by atoms with van der Waals surface area (Å²) in [5, 5.41) is 4.42. The second-order valence-electron chi connectivity index (χ2n) is 13.7. The van der Waals surface area contributed by atoms with Crippen LogP contribution >= 0.6 is 0 Å². The first-order valence-corrected chi connectivity index (χ1v) is 29.4. The third-order valence-electron chi connectivity index (χ3n) is 4.01. The Morgan fingerprint density at radius 2 is 1.03 bits per heavy atom. The topological polar surface area (TPSA) is 67.7 Å². The summed E-state index contributed by atoms with van der Waals surface area (Å²) in [7, 11) is -7.95. The maximum atomic E-state index is 6.87. The van der Waals surface area contributed by atoms with Gasteiger partial charge in [0.2, 0.25) is 0 Å². The van der Waals surface area contributed by atoms with Crippen LogP contribution in [0.2, 0.25) is 98.2 Å². The molecule has 0 heterocycles. The van der Waals surface area contributed by atoms with Gasteiger partial charge in [0, 0.05) is 0 Å². The molecule has 0 rings (SSSR count). The Kier molecular flexibility index (Phi) is 13.4. The van der Waals surface area contributed by atoms with E-state index in [9.17, 15) is 0 Å². The predicted octanol–water partition coefficient (Wildman–Crippen LogP) is 6.35. The molecule has 0 aliphatic rings. The van der Waals surface area contributed by atoms with Crippen molar-refractivity contribution in [2.45, 2.75) is 117 Å². The highest BCUT2D eigenvalue weighted by Gasteiger charge is 2.43. The van der Waals surface area contributed by atoms with Gasteiger partial charge in [-0.1, -0.05) is 5.16 Å². The average Bonchev–Trinajstić information content (AvgIpc) is 2.54. The predicted molar refractivity (Wildman–Crippen MR) is 158 cm³/mol. The van der Waals surface area contributed by atoms with E-state index in [1.807, 2.05) is 0 Å². The van der Waals surface area contributed by atoms with Crippen molar-refractivity contribution in [1.82, 2.24) is 0 Å². The number of nitrogens with zero attached hydrogens (tertiary/aromatic N) is 1. The summed E-state index contributed by atoms with van der Waals surface area (Å²) in [5.41, 5.74) is 0.716. The average molecular weight is 570 g/mol. The molecule has 34 heavy (non-hydrogen) atoms. The van der Waals surface area contributed by atoms with E-state index in [4.69, 9.17) is 27.0 Å². The van der Waals surface area contributed by atoms with Crippen LogP contribution < -0.4 is 0 Å². The zero-order chi connectivity index (χ0) is 27.2. The lowest BCUT2D eigenvalue weighted by Gasteiger charge is -2.42. The largest absolute Gasteiger partial charge is 0.415 e. The normalized spacial score (nSPS) is 17.5. The molecule has 0 aliphatic carbocycles. The van der Waals surface area contributed by atoms with Crippen molar-refractivity contribution in [3.63, 3.8) is 0 Å². The van der Waals surface area contributed by atoms with E-state index in [1.54, 1.807) is 7.11 Å². The molecule has 204 valence electrons. The van der Waals surface area contributed by atoms with Gasteiger partial charge in [0.15, 0.2) is 41.6 Å². The number of rotatable bonds is 16. The zero-order valence-corrected chi connectivity index (χ0v) is 30.0. The fraction of sp³-hybridized carbons (Fsp3) is 0.955.